The van der Waals surface area contributed by atoms with Gasteiger partial charge in [0.2, 0.25) is 11.8 Å². The Morgan fingerprint density at radius 1 is 1.20 bits per heavy atom. The molecule has 1 N–H and O–H groups in total. The van der Waals surface area contributed by atoms with Crippen molar-refractivity contribution in [2.24, 2.45) is 0 Å². The third kappa shape index (κ3) is 3.07. The summed E-state index contributed by atoms with van der Waals surface area (Å²) in [5.41, 5.74) is 2.43. The van der Waals surface area contributed by atoms with Crippen molar-refractivity contribution in [3.8, 4) is 0 Å². The van der Waals surface area contributed by atoms with Crippen molar-refractivity contribution in [2.45, 2.75) is 52.2 Å². The van der Waals surface area contributed by atoms with Gasteiger partial charge in [-0.1, -0.05) is 31.2 Å². The lowest BCUT2D eigenvalue weighted by Gasteiger charge is -2.19. The average molecular weight is 274 g/mol. The van der Waals surface area contributed by atoms with Gasteiger partial charge in [-0.05, 0) is 31.4 Å². The number of nitrogens with zero attached hydrogens (tertiary/aromatic N) is 1. The molecule has 1 aliphatic rings. The van der Waals surface area contributed by atoms with Gasteiger partial charge in [0.1, 0.15) is 0 Å². The Hall–Kier alpha value is -1.68. The molecular formula is C16H22N2O2. The summed E-state index contributed by atoms with van der Waals surface area (Å²) >= 11 is 0. The van der Waals surface area contributed by atoms with Gasteiger partial charge in [-0.25, -0.2) is 0 Å². The van der Waals surface area contributed by atoms with E-state index >= 15 is 0 Å². The number of benzene rings is 1. The van der Waals surface area contributed by atoms with Gasteiger partial charge in [0.15, 0.2) is 0 Å². The maximum absolute atomic E-state index is 12.1. The number of likely N-dealkylation sites (tertiary alicyclic amines) is 1. The lowest BCUT2D eigenvalue weighted by molar-refractivity contribution is -0.140. The molecule has 0 aliphatic carbocycles. The molecule has 0 spiro atoms. The lowest BCUT2D eigenvalue weighted by Crippen LogP contribution is -2.41. The van der Waals surface area contributed by atoms with E-state index < -0.39 is 0 Å². The normalized spacial score (nSPS) is 19.2. The highest BCUT2D eigenvalue weighted by atomic mass is 16.2. The second-order valence-electron chi connectivity index (χ2n) is 5.50. The van der Waals surface area contributed by atoms with Crippen LogP contribution in [0, 0.1) is 0 Å². The van der Waals surface area contributed by atoms with Crippen molar-refractivity contribution in [3.05, 3.63) is 35.4 Å². The van der Waals surface area contributed by atoms with E-state index in [1.807, 2.05) is 13.8 Å². The van der Waals surface area contributed by atoms with Crippen LogP contribution in [0.5, 0.6) is 0 Å². The van der Waals surface area contributed by atoms with Gasteiger partial charge in [0.25, 0.3) is 0 Å². The topological polar surface area (TPSA) is 49.4 Å². The predicted octanol–water partition coefficient (Wildman–Crippen LogP) is 1.87. The number of imide groups is 1. The van der Waals surface area contributed by atoms with E-state index in [1.165, 1.54) is 10.5 Å². The Labute approximate surface area is 120 Å². The van der Waals surface area contributed by atoms with Gasteiger partial charge in [-0.3, -0.25) is 14.5 Å². The third-order valence-electron chi connectivity index (χ3n) is 3.68. The highest BCUT2D eigenvalue weighted by Gasteiger charge is 2.39. The Kier molecular flexibility index (Phi) is 4.55. The molecule has 4 nitrogen and oxygen atoms in total. The molecule has 1 unspecified atom stereocenters. The Balaban J connectivity index is 1.94. The number of hydrogen-bond donors (Lipinski definition) is 1. The molecule has 2 rings (SSSR count). The van der Waals surface area contributed by atoms with Gasteiger partial charge < -0.3 is 5.32 Å². The fraction of sp³-hybridized carbons (Fsp3) is 0.500. The summed E-state index contributed by atoms with van der Waals surface area (Å²) in [6.45, 7) is 6.46. The first-order valence-electron chi connectivity index (χ1n) is 7.20. The Bertz CT molecular complexity index is 494. The van der Waals surface area contributed by atoms with Crippen molar-refractivity contribution < 1.29 is 9.59 Å². The Morgan fingerprint density at radius 2 is 1.80 bits per heavy atom. The summed E-state index contributed by atoms with van der Waals surface area (Å²) in [5, 5.41) is 3.19. The highest BCUT2D eigenvalue weighted by molar-refractivity contribution is 6.05. The van der Waals surface area contributed by atoms with Crippen LogP contribution < -0.4 is 5.32 Å². The monoisotopic (exact) mass is 274 g/mol. The minimum absolute atomic E-state index is 0.0642. The molecule has 1 aromatic rings. The van der Waals surface area contributed by atoms with Crippen LogP contribution in [0.2, 0.25) is 0 Å². The molecule has 1 atom stereocenters. The fourth-order valence-corrected chi connectivity index (χ4v) is 2.49. The molecule has 0 saturated carbocycles. The summed E-state index contributed by atoms with van der Waals surface area (Å²) in [5.74, 6) is -0.181. The maximum Gasteiger partial charge on any atom is 0.247 e. The minimum atomic E-state index is -0.379. The van der Waals surface area contributed by atoms with Crippen molar-refractivity contribution in [3.63, 3.8) is 0 Å². The van der Waals surface area contributed by atoms with Gasteiger partial charge in [-0.2, -0.15) is 0 Å². The summed E-state index contributed by atoms with van der Waals surface area (Å²) < 4.78 is 0. The molecule has 1 aliphatic heterocycles. The Morgan fingerprint density at radius 3 is 2.30 bits per heavy atom. The van der Waals surface area contributed by atoms with Crippen molar-refractivity contribution in [2.75, 3.05) is 0 Å². The standard InChI is InChI=1S/C16H22N2O2/c1-4-12-5-7-13(8-6-12)10-17-14-9-15(19)18(11(2)3)16(14)20/h5-8,11,14,17H,4,9-10H2,1-3H3. The number of rotatable bonds is 5. The molecular weight excluding hydrogens is 252 g/mol. The summed E-state index contributed by atoms with van der Waals surface area (Å²) in [6.07, 6.45) is 1.29. The molecule has 4 heteroatoms. The van der Waals surface area contributed by atoms with Gasteiger partial charge in [0.05, 0.1) is 12.5 Å². The maximum atomic E-state index is 12.1. The average Bonchev–Trinajstić information content (AvgIpc) is 2.71. The van der Waals surface area contributed by atoms with E-state index in [-0.39, 0.29) is 30.3 Å². The molecule has 0 bridgehead atoms. The SMILES string of the molecule is CCc1ccc(CNC2CC(=O)N(C(C)C)C2=O)cc1. The van der Waals surface area contributed by atoms with Crippen LogP contribution in [0.3, 0.4) is 0 Å². The van der Waals surface area contributed by atoms with Crippen LogP contribution in [-0.2, 0) is 22.6 Å². The van der Waals surface area contributed by atoms with Crippen LogP contribution in [0.15, 0.2) is 24.3 Å². The van der Waals surface area contributed by atoms with E-state index in [9.17, 15) is 9.59 Å². The van der Waals surface area contributed by atoms with Gasteiger partial charge in [0, 0.05) is 12.6 Å². The first-order chi connectivity index (χ1) is 9.52. The zero-order valence-electron chi connectivity index (χ0n) is 12.3. The molecule has 0 aromatic heterocycles. The second kappa shape index (κ2) is 6.18. The third-order valence-corrected chi connectivity index (χ3v) is 3.68. The molecule has 0 radical (unpaired) electrons. The summed E-state index contributed by atoms with van der Waals surface area (Å²) in [7, 11) is 0. The van der Waals surface area contributed by atoms with Crippen LogP contribution in [0.4, 0.5) is 0 Å². The van der Waals surface area contributed by atoms with E-state index in [0.29, 0.717) is 6.54 Å². The van der Waals surface area contributed by atoms with Crippen LogP contribution in [0.1, 0.15) is 38.3 Å². The molecule has 1 aromatic carbocycles. The number of nitrogens with one attached hydrogen (secondary N) is 1. The van der Waals surface area contributed by atoms with Gasteiger partial charge in [-0.15, -0.1) is 0 Å². The molecule has 1 fully saturated rings. The molecule has 2 amide bonds. The largest absolute Gasteiger partial charge is 0.301 e. The summed E-state index contributed by atoms with van der Waals surface area (Å²) in [6, 6.07) is 7.88. The number of amides is 2. The number of carbonyl (C=O) groups is 2. The van der Waals surface area contributed by atoms with E-state index in [1.54, 1.807) is 0 Å². The van der Waals surface area contributed by atoms with Crippen molar-refractivity contribution in [1.29, 1.82) is 0 Å². The first kappa shape index (κ1) is 14.7. The quantitative estimate of drug-likeness (QED) is 0.834. The second-order valence-corrected chi connectivity index (χ2v) is 5.50. The van der Waals surface area contributed by atoms with E-state index in [0.717, 1.165) is 12.0 Å². The van der Waals surface area contributed by atoms with Crippen molar-refractivity contribution in [1.82, 2.24) is 10.2 Å². The fourth-order valence-electron chi connectivity index (χ4n) is 2.49. The summed E-state index contributed by atoms with van der Waals surface area (Å²) in [4.78, 5) is 25.3. The van der Waals surface area contributed by atoms with Crippen LogP contribution >= 0.6 is 0 Å². The van der Waals surface area contributed by atoms with E-state index in [2.05, 4.69) is 36.5 Å². The predicted molar refractivity (Wildman–Crippen MR) is 78.1 cm³/mol. The van der Waals surface area contributed by atoms with Crippen LogP contribution in [0.25, 0.3) is 0 Å². The first-order valence-corrected chi connectivity index (χ1v) is 7.20. The zero-order valence-corrected chi connectivity index (χ0v) is 12.3. The minimum Gasteiger partial charge on any atom is -0.301 e. The molecule has 1 saturated heterocycles. The van der Waals surface area contributed by atoms with Gasteiger partial charge >= 0.3 is 0 Å². The number of hydrogen-bond acceptors (Lipinski definition) is 3. The smallest absolute Gasteiger partial charge is 0.247 e. The molecule has 1 heterocycles. The number of aryl methyl sites for hydroxylation is 1. The van der Waals surface area contributed by atoms with E-state index in [4.69, 9.17) is 0 Å². The molecule has 108 valence electrons. The van der Waals surface area contributed by atoms with Crippen LogP contribution in [-0.4, -0.2) is 28.8 Å². The highest BCUT2D eigenvalue weighted by Crippen LogP contribution is 2.16. The lowest BCUT2D eigenvalue weighted by atomic mass is 10.1. The number of carbonyl (C=O) groups excluding carboxylic acids is 2. The zero-order chi connectivity index (χ0) is 14.7. The molecule has 20 heavy (non-hydrogen) atoms. The van der Waals surface area contributed by atoms with Crippen molar-refractivity contribution >= 4 is 11.8 Å².